The number of aromatic carboxylic acids is 1. The zero-order valence-corrected chi connectivity index (χ0v) is 10.5. The van der Waals surface area contributed by atoms with Crippen molar-refractivity contribution in [2.75, 3.05) is 0 Å². The lowest BCUT2D eigenvalue weighted by Gasteiger charge is -2.09. The van der Waals surface area contributed by atoms with Crippen LogP contribution in [0.5, 0.6) is 0 Å². The second kappa shape index (κ2) is 4.97. The van der Waals surface area contributed by atoms with Gasteiger partial charge in [-0.2, -0.15) is 0 Å². The van der Waals surface area contributed by atoms with Gasteiger partial charge in [0.2, 0.25) is 0 Å². The van der Waals surface area contributed by atoms with Gasteiger partial charge in [-0.15, -0.1) is 10.2 Å². The molecule has 0 aliphatic carbocycles. The van der Waals surface area contributed by atoms with Gasteiger partial charge in [0.1, 0.15) is 12.7 Å². The molecule has 0 bridgehead atoms. The molecule has 0 aliphatic rings. The second-order valence-electron chi connectivity index (χ2n) is 4.27. The van der Waals surface area contributed by atoms with Crippen LogP contribution in [0.2, 0.25) is 0 Å². The van der Waals surface area contributed by atoms with Gasteiger partial charge in [-0.1, -0.05) is 30.3 Å². The van der Waals surface area contributed by atoms with Crippen LogP contribution >= 0.6 is 0 Å². The topological polar surface area (TPSA) is 68.0 Å². The first-order valence-corrected chi connectivity index (χ1v) is 6.03. The molecule has 3 aromatic rings. The first kappa shape index (κ1) is 12.1. The van der Waals surface area contributed by atoms with Gasteiger partial charge in [0, 0.05) is 5.56 Å². The van der Waals surface area contributed by atoms with Gasteiger partial charge in [-0.25, -0.2) is 4.79 Å². The minimum absolute atomic E-state index is 0.274. The quantitative estimate of drug-likeness (QED) is 0.790. The van der Waals surface area contributed by atoms with Crippen molar-refractivity contribution in [3.63, 3.8) is 0 Å². The SMILES string of the molecule is O=C(O)c1ccc(-c2ccccc2-n2cnnc2)cc1. The Labute approximate surface area is 115 Å². The van der Waals surface area contributed by atoms with Crippen molar-refractivity contribution in [1.29, 1.82) is 0 Å². The monoisotopic (exact) mass is 265 g/mol. The summed E-state index contributed by atoms with van der Waals surface area (Å²) in [6, 6.07) is 14.6. The van der Waals surface area contributed by atoms with E-state index in [0.717, 1.165) is 16.8 Å². The van der Waals surface area contributed by atoms with Crippen LogP contribution in [0.25, 0.3) is 16.8 Å². The first-order chi connectivity index (χ1) is 9.75. The summed E-state index contributed by atoms with van der Waals surface area (Å²) in [5, 5.41) is 16.5. The van der Waals surface area contributed by atoms with E-state index in [0.29, 0.717) is 0 Å². The molecule has 0 amide bonds. The molecule has 1 heterocycles. The van der Waals surface area contributed by atoms with Crippen LogP contribution in [0, 0.1) is 0 Å². The smallest absolute Gasteiger partial charge is 0.335 e. The Bertz CT molecular complexity index is 734. The molecule has 98 valence electrons. The van der Waals surface area contributed by atoms with Crippen LogP contribution < -0.4 is 0 Å². The maximum absolute atomic E-state index is 10.9. The van der Waals surface area contributed by atoms with E-state index in [2.05, 4.69) is 10.2 Å². The highest BCUT2D eigenvalue weighted by molar-refractivity contribution is 5.88. The predicted molar refractivity (Wildman–Crippen MR) is 73.8 cm³/mol. The zero-order chi connectivity index (χ0) is 13.9. The van der Waals surface area contributed by atoms with Crippen LogP contribution in [0.4, 0.5) is 0 Å². The Morgan fingerprint density at radius 2 is 1.60 bits per heavy atom. The lowest BCUT2D eigenvalue weighted by atomic mass is 10.0. The molecule has 0 radical (unpaired) electrons. The highest BCUT2D eigenvalue weighted by Gasteiger charge is 2.08. The molecule has 2 aromatic carbocycles. The minimum atomic E-state index is -0.927. The molecule has 5 heteroatoms. The number of carboxylic acids is 1. The Kier molecular flexibility index (Phi) is 3.01. The van der Waals surface area contributed by atoms with Crippen molar-refractivity contribution in [3.05, 3.63) is 66.7 Å². The van der Waals surface area contributed by atoms with E-state index in [-0.39, 0.29) is 5.56 Å². The summed E-state index contributed by atoms with van der Waals surface area (Å²) in [5.41, 5.74) is 3.15. The van der Waals surface area contributed by atoms with Gasteiger partial charge in [0.15, 0.2) is 0 Å². The summed E-state index contributed by atoms with van der Waals surface area (Å²) in [4.78, 5) is 10.9. The Hall–Kier alpha value is -2.95. The minimum Gasteiger partial charge on any atom is -0.478 e. The van der Waals surface area contributed by atoms with Gasteiger partial charge >= 0.3 is 5.97 Å². The van der Waals surface area contributed by atoms with Crippen molar-refractivity contribution in [2.45, 2.75) is 0 Å². The molecular formula is C15H11N3O2. The molecule has 5 nitrogen and oxygen atoms in total. The third-order valence-electron chi connectivity index (χ3n) is 3.04. The number of hydrogen-bond acceptors (Lipinski definition) is 3. The average Bonchev–Trinajstić information content (AvgIpc) is 3.01. The number of nitrogens with zero attached hydrogens (tertiary/aromatic N) is 3. The van der Waals surface area contributed by atoms with Crippen molar-refractivity contribution in [1.82, 2.24) is 14.8 Å². The molecule has 0 saturated carbocycles. The summed E-state index contributed by atoms with van der Waals surface area (Å²) in [7, 11) is 0. The van der Waals surface area contributed by atoms with E-state index < -0.39 is 5.97 Å². The van der Waals surface area contributed by atoms with Gasteiger partial charge in [-0.05, 0) is 23.8 Å². The summed E-state index contributed by atoms with van der Waals surface area (Å²) in [5.74, 6) is -0.927. The Morgan fingerprint density at radius 1 is 0.950 bits per heavy atom. The lowest BCUT2D eigenvalue weighted by molar-refractivity contribution is 0.0697. The Balaban J connectivity index is 2.08. The van der Waals surface area contributed by atoms with E-state index in [1.54, 1.807) is 36.9 Å². The van der Waals surface area contributed by atoms with Crippen molar-refractivity contribution < 1.29 is 9.90 Å². The van der Waals surface area contributed by atoms with Gasteiger partial charge in [0.05, 0.1) is 11.3 Å². The molecule has 0 fully saturated rings. The summed E-state index contributed by atoms with van der Waals surface area (Å²) in [6.07, 6.45) is 3.26. The molecule has 0 unspecified atom stereocenters. The number of aromatic nitrogens is 3. The number of para-hydroxylation sites is 1. The Morgan fingerprint density at radius 3 is 2.25 bits per heavy atom. The molecule has 0 aliphatic heterocycles. The summed E-state index contributed by atoms with van der Waals surface area (Å²) >= 11 is 0. The normalized spacial score (nSPS) is 10.4. The maximum Gasteiger partial charge on any atom is 0.335 e. The molecule has 0 spiro atoms. The van der Waals surface area contributed by atoms with Gasteiger partial charge in [-0.3, -0.25) is 4.57 Å². The number of benzene rings is 2. The summed E-state index contributed by atoms with van der Waals surface area (Å²) in [6.45, 7) is 0. The average molecular weight is 265 g/mol. The van der Waals surface area contributed by atoms with Crippen LogP contribution in [0.1, 0.15) is 10.4 Å². The fourth-order valence-electron chi connectivity index (χ4n) is 2.06. The van der Waals surface area contributed by atoms with Crippen molar-refractivity contribution in [2.24, 2.45) is 0 Å². The van der Waals surface area contributed by atoms with E-state index in [9.17, 15) is 4.79 Å². The third-order valence-corrected chi connectivity index (χ3v) is 3.04. The zero-order valence-electron chi connectivity index (χ0n) is 10.5. The fourth-order valence-corrected chi connectivity index (χ4v) is 2.06. The highest BCUT2D eigenvalue weighted by Crippen LogP contribution is 2.26. The van der Waals surface area contributed by atoms with E-state index in [4.69, 9.17) is 5.11 Å². The number of carbonyl (C=O) groups is 1. The summed E-state index contributed by atoms with van der Waals surface area (Å²) < 4.78 is 1.82. The number of hydrogen-bond donors (Lipinski definition) is 1. The third kappa shape index (κ3) is 2.16. The molecule has 20 heavy (non-hydrogen) atoms. The van der Waals surface area contributed by atoms with Gasteiger partial charge in [0.25, 0.3) is 0 Å². The predicted octanol–water partition coefficient (Wildman–Crippen LogP) is 2.63. The van der Waals surface area contributed by atoms with Crippen LogP contribution in [0.15, 0.2) is 61.2 Å². The largest absolute Gasteiger partial charge is 0.478 e. The van der Waals surface area contributed by atoms with E-state index in [1.807, 2.05) is 28.8 Å². The highest BCUT2D eigenvalue weighted by atomic mass is 16.4. The van der Waals surface area contributed by atoms with Crippen molar-refractivity contribution in [3.8, 4) is 16.8 Å². The lowest BCUT2D eigenvalue weighted by Crippen LogP contribution is -1.96. The molecule has 1 aromatic heterocycles. The fraction of sp³-hybridized carbons (Fsp3) is 0. The van der Waals surface area contributed by atoms with Crippen LogP contribution in [-0.2, 0) is 0 Å². The van der Waals surface area contributed by atoms with Crippen LogP contribution in [-0.4, -0.2) is 25.8 Å². The maximum atomic E-state index is 10.9. The standard InChI is InChI=1S/C15H11N3O2/c19-15(20)12-7-5-11(6-8-12)13-3-1-2-4-14(13)18-9-16-17-10-18/h1-10H,(H,19,20). The van der Waals surface area contributed by atoms with Crippen LogP contribution in [0.3, 0.4) is 0 Å². The number of rotatable bonds is 3. The van der Waals surface area contributed by atoms with Crippen molar-refractivity contribution >= 4 is 5.97 Å². The molecule has 0 atom stereocenters. The number of carboxylic acid groups (broad SMARTS) is 1. The molecule has 1 N–H and O–H groups in total. The molecule has 3 rings (SSSR count). The van der Waals surface area contributed by atoms with E-state index in [1.165, 1.54) is 0 Å². The van der Waals surface area contributed by atoms with Gasteiger partial charge < -0.3 is 5.11 Å². The molecule has 0 saturated heterocycles. The molecular weight excluding hydrogens is 254 g/mol. The first-order valence-electron chi connectivity index (χ1n) is 6.03. The van der Waals surface area contributed by atoms with E-state index >= 15 is 0 Å². The second-order valence-corrected chi connectivity index (χ2v) is 4.27.